The monoisotopic (exact) mass is 555 g/mol. The molecule has 0 saturated carbocycles. The summed E-state index contributed by atoms with van der Waals surface area (Å²) in [6, 6.07) is 20.7. The number of carbonyl (C=O) groups is 1. The van der Waals surface area contributed by atoms with Crippen molar-refractivity contribution in [2.24, 2.45) is 0 Å². The van der Waals surface area contributed by atoms with Crippen LogP contribution in [0.1, 0.15) is 46.2 Å². The van der Waals surface area contributed by atoms with E-state index >= 15 is 0 Å². The molecule has 0 radical (unpaired) electrons. The molecule has 2 amide bonds. The summed E-state index contributed by atoms with van der Waals surface area (Å²) in [5.41, 5.74) is 1.58. The van der Waals surface area contributed by atoms with E-state index < -0.39 is 37.7 Å². The van der Waals surface area contributed by atoms with E-state index in [4.69, 9.17) is 0 Å². The molecule has 1 saturated heterocycles. The molecule has 1 N–H and O–H groups in total. The number of hydrogen-bond donors (Lipinski definition) is 1. The van der Waals surface area contributed by atoms with Crippen LogP contribution in [0.5, 0.6) is 0 Å². The van der Waals surface area contributed by atoms with Crippen molar-refractivity contribution in [3.63, 3.8) is 0 Å². The molecule has 0 aromatic heterocycles. The van der Waals surface area contributed by atoms with Gasteiger partial charge < -0.3 is 4.90 Å². The van der Waals surface area contributed by atoms with Crippen LogP contribution in [0.15, 0.2) is 88.7 Å². The maximum atomic E-state index is 13.4. The van der Waals surface area contributed by atoms with Gasteiger partial charge in [0.15, 0.2) is 0 Å². The molecule has 8 nitrogen and oxygen atoms in total. The first-order valence-corrected chi connectivity index (χ1v) is 15.3. The summed E-state index contributed by atoms with van der Waals surface area (Å²) in [5, 5.41) is 0. The molecule has 1 heterocycles. The number of rotatable bonds is 7. The van der Waals surface area contributed by atoms with Crippen LogP contribution in [-0.4, -0.2) is 50.2 Å². The molecular formula is C28H33N3O5S2. The molecule has 0 spiro atoms. The minimum absolute atomic E-state index is 0.0262. The summed E-state index contributed by atoms with van der Waals surface area (Å²) in [5.74, 6) is 0. The highest BCUT2D eigenvalue weighted by atomic mass is 32.2. The molecule has 1 aliphatic rings. The maximum Gasteiger partial charge on any atom is 0.334 e. The number of benzene rings is 3. The van der Waals surface area contributed by atoms with Crippen LogP contribution in [0.4, 0.5) is 4.79 Å². The third kappa shape index (κ3) is 5.62. The molecule has 10 heteroatoms. The highest BCUT2D eigenvalue weighted by Gasteiger charge is 2.45. The van der Waals surface area contributed by atoms with E-state index in [1.165, 1.54) is 12.1 Å². The van der Waals surface area contributed by atoms with Crippen LogP contribution >= 0.6 is 0 Å². The van der Waals surface area contributed by atoms with Gasteiger partial charge in [0.2, 0.25) is 10.0 Å². The van der Waals surface area contributed by atoms with Gasteiger partial charge in [-0.1, -0.05) is 48.5 Å². The minimum atomic E-state index is -4.03. The van der Waals surface area contributed by atoms with Crippen LogP contribution in [0.3, 0.4) is 0 Å². The molecule has 1 atom stereocenters. The molecule has 3 aromatic carbocycles. The number of nitrogens with zero attached hydrogens (tertiary/aromatic N) is 2. The lowest BCUT2D eigenvalue weighted by Gasteiger charge is -2.27. The van der Waals surface area contributed by atoms with Crippen LogP contribution in [-0.2, 0) is 20.0 Å². The molecule has 38 heavy (non-hydrogen) atoms. The lowest BCUT2D eigenvalue weighted by atomic mass is 9.99. The third-order valence-corrected chi connectivity index (χ3v) is 9.69. The number of nitrogens with one attached hydrogen (secondary N) is 1. The van der Waals surface area contributed by atoms with Crippen molar-refractivity contribution in [3.8, 4) is 11.1 Å². The first kappa shape index (κ1) is 27.8. The number of carbonyl (C=O) groups excluding carboxylic acids is 1. The maximum absolute atomic E-state index is 13.4. The summed E-state index contributed by atoms with van der Waals surface area (Å²) in [6.07, 6.45) is 0. The molecule has 1 unspecified atom stereocenters. The van der Waals surface area contributed by atoms with E-state index in [1.54, 1.807) is 62.1 Å². The quantitative estimate of drug-likeness (QED) is 0.442. The summed E-state index contributed by atoms with van der Waals surface area (Å²) in [6.45, 7) is 9.02. The SMILES string of the molecule is CC(C)N1C(=O)N(S(=O)(=O)c2ccccc2)CC1c1cccc(-c2cccc(S(=O)(=O)NC(C)(C)C)c2)c1. The van der Waals surface area contributed by atoms with E-state index in [9.17, 15) is 21.6 Å². The molecule has 3 aromatic rings. The summed E-state index contributed by atoms with van der Waals surface area (Å²) < 4.78 is 56.0. The predicted octanol–water partition coefficient (Wildman–Crippen LogP) is 5.01. The Hall–Kier alpha value is -3.21. The van der Waals surface area contributed by atoms with Gasteiger partial charge in [-0.15, -0.1) is 0 Å². The molecule has 202 valence electrons. The van der Waals surface area contributed by atoms with Crippen molar-refractivity contribution in [2.45, 2.75) is 62.0 Å². The highest BCUT2D eigenvalue weighted by molar-refractivity contribution is 7.90. The molecule has 1 fully saturated rings. The fraction of sp³-hybridized carbons (Fsp3) is 0.321. The van der Waals surface area contributed by atoms with Gasteiger partial charge in [0.25, 0.3) is 10.0 Å². The van der Waals surface area contributed by atoms with Crippen molar-refractivity contribution in [1.82, 2.24) is 13.9 Å². The van der Waals surface area contributed by atoms with Gasteiger partial charge >= 0.3 is 6.03 Å². The van der Waals surface area contributed by atoms with Gasteiger partial charge in [-0.25, -0.2) is 30.7 Å². The van der Waals surface area contributed by atoms with E-state index in [1.807, 2.05) is 44.2 Å². The lowest BCUT2D eigenvalue weighted by Crippen LogP contribution is -2.40. The Morgan fingerprint density at radius 1 is 0.816 bits per heavy atom. The van der Waals surface area contributed by atoms with Gasteiger partial charge in [-0.2, -0.15) is 0 Å². The highest BCUT2D eigenvalue weighted by Crippen LogP contribution is 2.36. The van der Waals surface area contributed by atoms with Crippen molar-refractivity contribution >= 4 is 26.1 Å². The van der Waals surface area contributed by atoms with E-state index in [2.05, 4.69) is 4.72 Å². The van der Waals surface area contributed by atoms with E-state index in [0.29, 0.717) is 5.56 Å². The topological polar surface area (TPSA) is 104 Å². The van der Waals surface area contributed by atoms with Crippen molar-refractivity contribution in [2.75, 3.05) is 6.54 Å². The molecule has 0 aliphatic carbocycles. The molecule has 0 bridgehead atoms. The molecule has 1 aliphatic heterocycles. The van der Waals surface area contributed by atoms with Crippen molar-refractivity contribution in [3.05, 3.63) is 84.4 Å². The Kier molecular flexibility index (Phi) is 7.44. The predicted molar refractivity (Wildman–Crippen MR) is 147 cm³/mol. The Labute approximate surface area is 225 Å². The van der Waals surface area contributed by atoms with Crippen LogP contribution in [0.25, 0.3) is 11.1 Å². The second-order valence-electron chi connectivity index (χ2n) is 10.7. The first-order valence-electron chi connectivity index (χ1n) is 12.4. The summed E-state index contributed by atoms with van der Waals surface area (Å²) in [7, 11) is -7.75. The van der Waals surface area contributed by atoms with E-state index in [0.717, 1.165) is 15.4 Å². The second kappa shape index (κ2) is 10.2. The van der Waals surface area contributed by atoms with Crippen molar-refractivity contribution < 1.29 is 21.6 Å². The zero-order valence-corrected chi connectivity index (χ0v) is 23.8. The molecular weight excluding hydrogens is 522 g/mol. The average molecular weight is 556 g/mol. The lowest BCUT2D eigenvalue weighted by molar-refractivity contribution is 0.181. The Morgan fingerprint density at radius 2 is 1.39 bits per heavy atom. The smallest absolute Gasteiger partial charge is 0.312 e. The largest absolute Gasteiger partial charge is 0.334 e. The van der Waals surface area contributed by atoms with Gasteiger partial charge in [-0.05, 0) is 81.6 Å². The summed E-state index contributed by atoms with van der Waals surface area (Å²) >= 11 is 0. The number of sulfonamides is 2. The van der Waals surface area contributed by atoms with Crippen LogP contribution in [0, 0.1) is 0 Å². The van der Waals surface area contributed by atoms with E-state index in [-0.39, 0.29) is 22.4 Å². The number of hydrogen-bond acceptors (Lipinski definition) is 5. The van der Waals surface area contributed by atoms with Gasteiger partial charge in [0.05, 0.1) is 22.4 Å². The Balaban J connectivity index is 1.70. The van der Waals surface area contributed by atoms with Gasteiger partial charge in [0.1, 0.15) is 0 Å². The summed E-state index contributed by atoms with van der Waals surface area (Å²) in [4.78, 5) is 15.2. The zero-order valence-electron chi connectivity index (χ0n) is 22.1. The Bertz CT molecular complexity index is 1550. The number of amides is 2. The molecule has 4 rings (SSSR count). The fourth-order valence-corrected chi connectivity index (χ4v) is 7.44. The third-order valence-electron chi connectivity index (χ3n) is 6.19. The van der Waals surface area contributed by atoms with Crippen LogP contribution in [0.2, 0.25) is 0 Å². The van der Waals surface area contributed by atoms with Crippen molar-refractivity contribution in [1.29, 1.82) is 0 Å². The van der Waals surface area contributed by atoms with Gasteiger partial charge in [-0.3, -0.25) is 0 Å². The minimum Gasteiger partial charge on any atom is -0.312 e. The van der Waals surface area contributed by atoms with Gasteiger partial charge in [0, 0.05) is 11.6 Å². The fourth-order valence-electron chi connectivity index (χ4n) is 4.58. The Morgan fingerprint density at radius 3 is 2.00 bits per heavy atom. The zero-order chi connectivity index (χ0) is 27.9. The standard InChI is InChI=1S/C28H33N3O5S2/c1-20(2)31-26(19-30(27(31)32)38(35,36)24-14-7-6-8-15-24)23-13-9-11-21(17-23)22-12-10-16-25(18-22)37(33,34)29-28(3,4)5/h6-18,20,26,29H,19H2,1-5H3. The van der Waals surface area contributed by atoms with Crippen LogP contribution < -0.4 is 4.72 Å². The normalized spacial score (nSPS) is 16.9. The number of urea groups is 1. The average Bonchev–Trinajstić information content (AvgIpc) is 3.21. The second-order valence-corrected chi connectivity index (χ2v) is 14.2. The first-order chi connectivity index (χ1) is 17.7.